The minimum absolute atomic E-state index is 0.137. The standard InChI is InChI=1S/C12H14O5/c1-12(16-3)6-7-4-8(15-2)5-9(13)10(7)11(14)17-12/h4-5,13H,6H2,1-3H3. The van der Waals surface area contributed by atoms with Crippen LogP contribution in [0.4, 0.5) is 0 Å². The summed E-state index contributed by atoms with van der Waals surface area (Å²) in [5.41, 5.74) is 0.836. The lowest BCUT2D eigenvalue weighted by Crippen LogP contribution is -2.40. The Morgan fingerprint density at radius 2 is 2.12 bits per heavy atom. The Labute approximate surface area is 98.9 Å². The van der Waals surface area contributed by atoms with Gasteiger partial charge in [-0.25, -0.2) is 4.79 Å². The number of fused-ring (bicyclic) bond motifs is 1. The first-order chi connectivity index (χ1) is 7.99. The van der Waals surface area contributed by atoms with Crippen molar-refractivity contribution in [2.24, 2.45) is 0 Å². The molecule has 1 aromatic carbocycles. The molecule has 0 radical (unpaired) electrons. The molecular weight excluding hydrogens is 224 g/mol. The van der Waals surface area contributed by atoms with E-state index in [1.165, 1.54) is 20.3 Å². The third-order valence-corrected chi connectivity index (χ3v) is 2.86. The van der Waals surface area contributed by atoms with Crippen molar-refractivity contribution in [3.63, 3.8) is 0 Å². The number of rotatable bonds is 2. The number of carbonyl (C=O) groups excluding carboxylic acids is 1. The first-order valence-corrected chi connectivity index (χ1v) is 5.17. The van der Waals surface area contributed by atoms with E-state index in [0.717, 1.165) is 0 Å². The lowest BCUT2D eigenvalue weighted by Gasteiger charge is -2.33. The first-order valence-electron chi connectivity index (χ1n) is 5.17. The van der Waals surface area contributed by atoms with Crippen LogP contribution in [0.1, 0.15) is 22.8 Å². The largest absolute Gasteiger partial charge is 0.507 e. The molecule has 1 heterocycles. The van der Waals surface area contributed by atoms with Crippen molar-refractivity contribution >= 4 is 5.97 Å². The molecule has 0 aliphatic carbocycles. The number of ether oxygens (including phenoxy) is 3. The van der Waals surface area contributed by atoms with Gasteiger partial charge in [0.2, 0.25) is 5.79 Å². The second-order valence-corrected chi connectivity index (χ2v) is 4.08. The zero-order chi connectivity index (χ0) is 12.6. The molecule has 0 amide bonds. The van der Waals surface area contributed by atoms with Crippen LogP contribution in [-0.2, 0) is 15.9 Å². The second kappa shape index (κ2) is 3.92. The molecule has 92 valence electrons. The molecule has 0 bridgehead atoms. The summed E-state index contributed by atoms with van der Waals surface area (Å²) in [5.74, 6) is -1.23. The van der Waals surface area contributed by atoms with Gasteiger partial charge in [-0.2, -0.15) is 0 Å². The Morgan fingerprint density at radius 1 is 1.41 bits per heavy atom. The number of carbonyl (C=O) groups is 1. The van der Waals surface area contributed by atoms with Gasteiger partial charge in [0.05, 0.1) is 7.11 Å². The fourth-order valence-electron chi connectivity index (χ4n) is 1.89. The summed E-state index contributed by atoms with van der Waals surface area (Å²) in [6.45, 7) is 1.67. The molecule has 1 N–H and O–H groups in total. The van der Waals surface area contributed by atoms with Crippen molar-refractivity contribution in [2.45, 2.75) is 19.1 Å². The molecule has 1 unspecified atom stereocenters. The van der Waals surface area contributed by atoms with E-state index in [1.54, 1.807) is 13.0 Å². The van der Waals surface area contributed by atoms with Gasteiger partial charge in [0.1, 0.15) is 17.1 Å². The van der Waals surface area contributed by atoms with E-state index in [-0.39, 0.29) is 11.3 Å². The van der Waals surface area contributed by atoms with Crippen LogP contribution in [0.25, 0.3) is 0 Å². The van der Waals surface area contributed by atoms with E-state index in [4.69, 9.17) is 14.2 Å². The summed E-state index contributed by atoms with van der Waals surface area (Å²) in [6.07, 6.45) is 0.370. The molecule has 0 fully saturated rings. The maximum Gasteiger partial charge on any atom is 0.344 e. The predicted molar refractivity (Wildman–Crippen MR) is 59.2 cm³/mol. The summed E-state index contributed by atoms with van der Waals surface area (Å²) in [7, 11) is 2.97. The highest BCUT2D eigenvalue weighted by atomic mass is 16.7. The molecule has 0 saturated carbocycles. The summed E-state index contributed by atoms with van der Waals surface area (Å²) in [5, 5.41) is 9.76. The first kappa shape index (κ1) is 11.7. The number of aromatic hydroxyl groups is 1. The van der Waals surface area contributed by atoms with Crippen LogP contribution in [0.15, 0.2) is 12.1 Å². The highest BCUT2D eigenvalue weighted by molar-refractivity contribution is 5.95. The van der Waals surface area contributed by atoms with Crippen molar-refractivity contribution in [1.29, 1.82) is 0 Å². The van der Waals surface area contributed by atoms with Gasteiger partial charge in [-0.3, -0.25) is 0 Å². The Hall–Kier alpha value is -1.75. The Morgan fingerprint density at radius 3 is 2.71 bits per heavy atom. The third kappa shape index (κ3) is 1.93. The fourth-order valence-corrected chi connectivity index (χ4v) is 1.89. The Bertz CT molecular complexity index is 468. The molecular formula is C12H14O5. The number of benzene rings is 1. The third-order valence-electron chi connectivity index (χ3n) is 2.86. The molecule has 5 heteroatoms. The molecule has 5 nitrogen and oxygen atoms in total. The van der Waals surface area contributed by atoms with Crippen molar-refractivity contribution in [3.05, 3.63) is 23.3 Å². The Kier molecular flexibility index (Phi) is 2.71. The van der Waals surface area contributed by atoms with Crippen LogP contribution in [0.3, 0.4) is 0 Å². The van der Waals surface area contributed by atoms with Crippen LogP contribution in [0.5, 0.6) is 11.5 Å². The molecule has 0 aromatic heterocycles. The van der Waals surface area contributed by atoms with Gasteiger partial charge in [0, 0.05) is 26.5 Å². The molecule has 1 atom stereocenters. The minimum Gasteiger partial charge on any atom is -0.507 e. The van der Waals surface area contributed by atoms with Gasteiger partial charge in [0.15, 0.2) is 0 Å². The summed E-state index contributed by atoms with van der Waals surface area (Å²) in [4.78, 5) is 11.8. The van der Waals surface area contributed by atoms with Crippen molar-refractivity contribution in [1.82, 2.24) is 0 Å². The average molecular weight is 238 g/mol. The smallest absolute Gasteiger partial charge is 0.344 e. The number of hydrogen-bond acceptors (Lipinski definition) is 5. The summed E-state index contributed by atoms with van der Waals surface area (Å²) < 4.78 is 15.3. The van der Waals surface area contributed by atoms with E-state index in [0.29, 0.717) is 17.7 Å². The van der Waals surface area contributed by atoms with Crippen LogP contribution < -0.4 is 4.74 Å². The van der Waals surface area contributed by atoms with E-state index < -0.39 is 11.8 Å². The molecule has 0 saturated heterocycles. The maximum absolute atomic E-state index is 11.8. The SMILES string of the molecule is COc1cc(O)c2c(c1)CC(C)(OC)OC2=O. The lowest BCUT2D eigenvalue weighted by atomic mass is 9.96. The number of esters is 1. The average Bonchev–Trinajstić information content (AvgIpc) is 2.27. The van der Waals surface area contributed by atoms with Crippen LogP contribution in [0, 0.1) is 0 Å². The van der Waals surface area contributed by atoms with Gasteiger partial charge in [0.25, 0.3) is 0 Å². The quantitative estimate of drug-likeness (QED) is 0.790. The monoisotopic (exact) mass is 238 g/mol. The molecule has 17 heavy (non-hydrogen) atoms. The summed E-state index contributed by atoms with van der Waals surface area (Å²) >= 11 is 0. The van der Waals surface area contributed by atoms with Crippen molar-refractivity contribution in [3.8, 4) is 11.5 Å². The highest BCUT2D eigenvalue weighted by Crippen LogP contribution is 2.36. The predicted octanol–water partition coefficient (Wildman–Crippen LogP) is 1.48. The maximum atomic E-state index is 11.8. The van der Waals surface area contributed by atoms with Gasteiger partial charge in [-0.15, -0.1) is 0 Å². The van der Waals surface area contributed by atoms with E-state index >= 15 is 0 Å². The number of phenols is 1. The van der Waals surface area contributed by atoms with Crippen LogP contribution >= 0.6 is 0 Å². The van der Waals surface area contributed by atoms with E-state index in [2.05, 4.69) is 0 Å². The lowest BCUT2D eigenvalue weighted by molar-refractivity contribution is -0.177. The molecule has 1 aliphatic rings. The molecule has 2 rings (SSSR count). The zero-order valence-corrected chi connectivity index (χ0v) is 9.94. The van der Waals surface area contributed by atoms with Crippen LogP contribution in [-0.4, -0.2) is 31.1 Å². The fraction of sp³-hybridized carbons (Fsp3) is 0.417. The number of hydrogen-bond donors (Lipinski definition) is 1. The van der Waals surface area contributed by atoms with Crippen LogP contribution in [0.2, 0.25) is 0 Å². The number of methoxy groups -OCH3 is 2. The van der Waals surface area contributed by atoms with Crippen molar-refractivity contribution in [2.75, 3.05) is 14.2 Å². The van der Waals surface area contributed by atoms with Crippen molar-refractivity contribution < 1.29 is 24.1 Å². The van der Waals surface area contributed by atoms with Gasteiger partial charge < -0.3 is 19.3 Å². The highest BCUT2D eigenvalue weighted by Gasteiger charge is 2.38. The minimum atomic E-state index is -0.997. The van der Waals surface area contributed by atoms with Gasteiger partial charge in [-0.1, -0.05) is 0 Å². The molecule has 1 aliphatic heterocycles. The number of cyclic esters (lactones) is 1. The summed E-state index contributed by atoms with van der Waals surface area (Å²) in [6, 6.07) is 3.09. The van der Waals surface area contributed by atoms with Gasteiger partial charge >= 0.3 is 5.97 Å². The van der Waals surface area contributed by atoms with E-state index in [1.807, 2.05) is 0 Å². The molecule has 1 aromatic rings. The zero-order valence-electron chi connectivity index (χ0n) is 9.94. The second-order valence-electron chi connectivity index (χ2n) is 4.08. The van der Waals surface area contributed by atoms with E-state index in [9.17, 15) is 9.90 Å². The number of phenolic OH excluding ortho intramolecular Hbond substituents is 1. The normalized spacial score (nSPS) is 22.9. The molecule has 0 spiro atoms. The topological polar surface area (TPSA) is 65.0 Å². The van der Waals surface area contributed by atoms with Gasteiger partial charge in [-0.05, 0) is 11.6 Å². The Balaban J connectivity index is 2.53.